The molecule has 2 aromatic rings. The fraction of sp³-hybridized carbons (Fsp3) is 0.476. The van der Waals surface area contributed by atoms with Crippen LogP contribution in [0.5, 0.6) is 5.88 Å². The van der Waals surface area contributed by atoms with Crippen molar-refractivity contribution in [1.82, 2.24) is 19.8 Å². The zero-order valence-corrected chi connectivity index (χ0v) is 15.8. The van der Waals surface area contributed by atoms with Crippen molar-refractivity contribution in [2.75, 3.05) is 26.2 Å². The van der Waals surface area contributed by atoms with E-state index in [0.717, 1.165) is 38.3 Å². The first kappa shape index (κ1) is 17.9. The highest BCUT2D eigenvalue weighted by Gasteiger charge is 2.38. The van der Waals surface area contributed by atoms with E-state index in [9.17, 15) is 4.79 Å². The first-order chi connectivity index (χ1) is 13.2. The molecule has 5 heterocycles. The van der Waals surface area contributed by atoms with Crippen LogP contribution >= 0.6 is 0 Å². The van der Waals surface area contributed by atoms with E-state index in [1.807, 2.05) is 36.2 Å². The molecule has 1 amide bonds. The summed E-state index contributed by atoms with van der Waals surface area (Å²) >= 11 is 0. The Hall–Kier alpha value is -2.47. The number of carbonyl (C=O) groups excluding carboxylic acids is 1. The molecule has 27 heavy (non-hydrogen) atoms. The average Bonchev–Trinajstić information content (AvgIpc) is 2.99. The van der Waals surface area contributed by atoms with Gasteiger partial charge in [-0.25, -0.2) is 4.98 Å². The standard InChI is InChI=1S/C21H26N4O2/c1-2-27-20-19(7-5-11-23-20)21(26)25-13-16-8-9-18(25)15-24(12-16)14-17-6-3-4-10-22-17/h3-7,10-11,16,18H,2,8-9,12-15H2,1H3. The average molecular weight is 366 g/mol. The Morgan fingerprint density at radius 1 is 1.11 bits per heavy atom. The number of rotatable bonds is 5. The van der Waals surface area contributed by atoms with E-state index >= 15 is 0 Å². The zero-order chi connectivity index (χ0) is 18.6. The lowest BCUT2D eigenvalue weighted by Gasteiger charge is -2.36. The first-order valence-corrected chi connectivity index (χ1v) is 9.75. The van der Waals surface area contributed by atoms with Gasteiger partial charge in [-0.1, -0.05) is 6.07 Å². The molecule has 3 saturated heterocycles. The summed E-state index contributed by atoms with van der Waals surface area (Å²) in [6.07, 6.45) is 5.75. The van der Waals surface area contributed by atoms with Gasteiger partial charge in [0.15, 0.2) is 0 Å². The molecule has 2 aromatic heterocycles. The molecule has 0 saturated carbocycles. The molecule has 3 aliphatic rings. The number of hydrogen-bond donors (Lipinski definition) is 0. The fourth-order valence-corrected chi connectivity index (χ4v) is 4.24. The Morgan fingerprint density at radius 3 is 2.81 bits per heavy atom. The molecule has 5 rings (SSSR count). The highest BCUT2D eigenvalue weighted by Crippen LogP contribution is 2.31. The second-order valence-corrected chi connectivity index (χ2v) is 7.36. The molecule has 0 aromatic carbocycles. The third kappa shape index (κ3) is 3.95. The van der Waals surface area contributed by atoms with Crippen LogP contribution in [0.2, 0.25) is 0 Å². The molecule has 3 aliphatic heterocycles. The molecule has 142 valence electrons. The Balaban J connectivity index is 1.51. The summed E-state index contributed by atoms with van der Waals surface area (Å²) in [5.74, 6) is 0.986. The molecular weight excluding hydrogens is 340 g/mol. The third-order valence-corrected chi connectivity index (χ3v) is 5.44. The van der Waals surface area contributed by atoms with Crippen LogP contribution in [0.1, 0.15) is 35.8 Å². The molecule has 3 fully saturated rings. The minimum atomic E-state index is 0.0425. The van der Waals surface area contributed by atoms with Crippen LogP contribution < -0.4 is 4.74 Å². The molecule has 0 radical (unpaired) electrons. The predicted molar refractivity (Wildman–Crippen MR) is 102 cm³/mol. The zero-order valence-electron chi connectivity index (χ0n) is 15.8. The van der Waals surface area contributed by atoms with Gasteiger partial charge in [0.25, 0.3) is 5.91 Å². The number of amides is 1. The number of aromatic nitrogens is 2. The maximum Gasteiger partial charge on any atom is 0.259 e. The van der Waals surface area contributed by atoms with Crippen LogP contribution in [0, 0.1) is 5.92 Å². The van der Waals surface area contributed by atoms with Crippen LogP contribution in [-0.4, -0.2) is 58.0 Å². The van der Waals surface area contributed by atoms with Gasteiger partial charge in [0, 0.05) is 44.6 Å². The normalized spacial score (nSPS) is 22.5. The number of piperidine rings is 1. The lowest BCUT2D eigenvalue weighted by Crippen LogP contribution is -2.47. The summed E-state index contributed by atoms with van der Waals surface area (Å²) in [5.41, 5.74) is 1.66. The molecule has 2 unspecified atom stereocenters. The maximum atomic E-state index is 13.3. The number of nitrogens with zero attached hydrogens (tertiary/aromatic N) is 4. The van der Waals surface area contributed by atoms with E-state index in [4.69, 9.17) is 4.74 Å². The maximum absolute atomic E-state index is 13.3. The summed E-state index contributed by atoms with van der Waals surface area (Å²) in [6, 6.07) is 9.90. The fourth-order valence-electron chi connectivity index (χ4n) is 4.24. The molecule has 0 aliphatic carbocycles. The second kappa shape index (κ2) is 8.05. The van der Waals surface area contributed by atoms with Crippen molar-refractivity contribution in [2.45, 2.75) is 32.4 Å². The van der Waals surface area contributed by atoms with Crippen molar-refractivity contribution >= 4 is 5.91 Å². The van der Waals surface area contributed by atoms with Crippen molar-refractivity contribution in [3.63, 3.8) is 0 Å². The second-order valence-electron chi connectivity index (χ2n) is 7.36. The molecule has 0 spiro atoms. The molecular formula is C21H26N4O2. The first-order valence-electron chi connectivity index (χ1n) is 9.75. The quantitative estimate of drug-likeness (QED) is 0.814. The third-order valence-electron chi connectivity index (χ3n) is 5.44. The molecule has 6 nitrogen and oxygen atoms in total. The number of carbonyl (C=O) groups is 1. The van der Waals surface area contributed by atoms with Crippen LogP contribution in [0.3, 0.4) is 0 Å². The Morgan fingerprint density at radius 2 is 2.00 bits per heavy atom. The van der Waals surface area contributed by atoms with Gasteiger partial charge < -0.3 is 9.64 Å². The highest BCUT2D eigenvalue weighted by molar-refractivity contribution is 5.96. The number of fused-ring (bicyclic) bond motifs is 4. The van der Waals surface area contributed by atoms with Crippen LogP contribution in [0.25, 0.3) is 0 Å². The van der Waals surface area contributed by atoms with Crippen LogP contribution in [0.15, 0.2) is 42.7 Å². The van der Waals surface area contributed by atoms with E-state index in [1.165, 1.54) is 6.42 Å². The molecule has 6 heteroatoms. The van der Waals surface area contributed by atoms with E-state index < -0.39 is 0 Å². The van der Waals surface area contributed by atoms with Crippen molar-refractivity contribution in [3.05, 3.63) is 54.0 Å². The number of pyridine rings is 2. The van der Waals surface area contributed by atoms with Crippen LogP contribution in [-0.2, 0) is 6.54 Å². The van der Waals surface area contributed by atoms with Gasteiger partial charge in [0.05, 0.1) is 12.3 Å². The summed E-state index contributed by atoms with van der Waals surface area (Å²) in [5, 5.41) is 0. The minimum absolute atomic E-state index is 0.0425. The van der Waals surface area contributed by atoms with E-state index in [1.54, 1.807) is 12.3 Å². The van der Waals surface area contributed by atoms with Gasteiger partial charge in [-0.3, -0.25) is 14.7 Å². The van der Waals surface area contributed by atoms with Crippen molar-refractivity contribution in [1.29, 1.82) is 0 Å². The van der Waals surface area contributed by atoms with E-state index in [0.29, 0.717) is 24.0 Å². The molecule has 2 atom stereocenters. The van der Waals surface area contributed by atoms with Crippen LogP contribution in [0.4, 0.5) is 0 Å². The van der Waals surface area contributed by atoms with Gasteiger partial charge in [0.1, 0.15) is 5.56 Å². The van der Waals surface area contributed by atoms with Crippen molar-refractivity contribution in [2.24, 2.45) is 5.92 Å². The van der Waals surface area contributed by atoms with Gasteiger partial charge in [-0.15, -0.1) is 0 Å². The smallest absolute Gasteiger partial charge is 0.259 e. The van der Waals surface area contributed by atoms with Crippen molar-refractivity contribution in [3.8, 4) is 5.88 Å². The minimum Gasteiger partial charge on any atom is -0.477 e. The summed E-state index contributed by atoms with van der Waals surface area (Å²) < 4.78 is 5.58. The summed E-state index contributed by atoms with van der Waals surface area (Å²) in [6.45, 7) is 5.97. The van der Waals surface area contributed by atoms with E-state index in [2.05, 4.69) is 20.9 Å². The monoisotopic (exact) mass is 366 g/mol. The predicted octanol–water partition coefficient (Wildman–Crippen LogP) is 2.61. The highest BCUT2D eigenvalue weighted by atomic mass is 16.5. The SMILES string of the molecule is CCOc1ncccc1C(=O)N1CC2CCC1CN(Cc1ccccn1)C2. The number of ether oxygens (including phenoxy) is 1. The lowest BCUT2D eigenvalue weighted by molar-refractivity contribution is 0.0580. The Labute approximate surface area is 160 Å². The summed E-state index contributed by atoms with van der Waals surface area (Å²) in [4.78, 5) is 26.5. The van der Waals surface area contributed by atoms with Gasteiger partial charge in [0.2, 0.25) is 5.88 Å². The van der Waals surface area contributed by atoms with Gasteiger partial charge in [-0.2, -0.15) is 0 Å². The number of hydrogen-bond acceptors (Lipinski definition) is 5. The van der Waals surface area contributed by atoms with Gasteiger partial charge in [-0.05, 0) is 49.9 Å². The van der Waals surface area contributed by atoms with Crippen molar-refractivity contribution < 1.29 is 9.53 Å². The lowest BCUT2D eigenvalue weighted by atomic mass is 9.94. The van der Waals surface area contributed by atoms with Gasteiger partial charge >= 0.3 is 0 Å². The topological polar surface area (TPSA) is 58.6 Å². The molecule has 0 N–H and O–H groups in total. The Bertz CT molecular complexity index is 783. The largest absolute Gasteiger partial charge is 0.477 e. The Kier molecular flexibility index (Phi) is 5.34. The van der Waals surface area contributed by atoms with E-state index in [-0.39, 0.29) is 11.9 Å². The molecule has 2 bridgehead atoms. The summed E-state index contributed by atoms with van der Waals surface area (Å²) in [7, 11) is 0.